The van der Waals surface area contributed by atoms with E-state index in [0.29, 0.717) is 18.3 Å². The molecule has 0 saturated carbocycles. The molecule has 0 aliphatic heterocycles. The van der Waals surface area contributed by atoms with Crippen LogP contribution in [0, 0.1) is 0 Å². The first-order chi connectivity index (χ1) is 6.40. The van der Waals surface area contributed by atoms with Crippen molar-refractivity contribution in [2.24, 2.45) is 0 Å². The number of rotatable bonds is 7. The zero-order valence-corrected chi connectivity index (χ0v) is 10.5. The quantitative estimate of drug-likeness (QED) is 0.710. The number of hydrogen-bond donors (Lipinski definition) is 1. The van der Waals surface area contributed by atoms with Gasteiger partial charge in [-0.1, -0.05) is 27.2 Å². The molecule has 0 saturated heterocycles. The molecule has 3 nitrogen and oxygen atoms in total. The van der Waals surface area contributed by atoms with Crippen molar-refractivity contribution < 1.29 is 8.42 Å². The molecule has 0 aromatic carbocycles. The Labute approximate surface area is 88.2 Å². The molecule has 0 rings (SSSR count). The minimum Gasteiger partial charge on any atom is -0.313 e. The lowest BCUT2D eigenvalue weighted by Gasteiger charge is -2.15. The molecule has 0 spiro atoms. The zero-order valence-electron chi connectivity index (χ0n) is 9.71. The van der Waals surface area contributed by atoms with Gasteiger partial charge in [-0.2, -0.15) is 0 Å². The van der Waals surface area contributed by atoms with Gasteiger partial charge in [0.2, 0.25) is 0 Å². The molecule has 0 fully saturated rings. The van der Waals surface area contributed by atoms with Gasteiger partial charge in [-0.3, -0.25) is 0 Å². The van der Waals surface area contributed by atoms with Crippen LogP contribution in [-0.2, 0) is 9.84 Å². The lowest BCUT2D eigenvalue weighted by atomic mass is 10.3. The molecule has 1 atom stereocenters. The molecule has 0 aliphatic rings. The fourth-order valence-corrected chi connectivity index (χ4v) is 2.52. The SMILES string of the molecule is CCCCS(=O)(=O)C(C)CNC(C)C. The molecule has 4 heteroatoms. The summed E-state index contributed by atoms with van der Waals surface area (Å²) in [5, 5.41) is 2.88. The van der Waals surface area contributed by atoms with Gasteiger partial charge in [0.05, 0.1) is 11.0 Å². The highest BCUT2D eigenvalue weighted by molar-refractivity contribution is 7.92. The predicted octanol–water partition coefficient (Wildman–Crippen LogP) is 1.59. The smallest absolute Gasteiger partial charge is 0.154 e. The third kappa shape index (κ3) is 5.60. The molecule has 14 heavy (non-hydrogen) atoms. The molecule has 0 heterocycles. The van der Waals surface area contributed by atoms with Gasteiger partial charge >= 0.3 is 0 Å². The number of sulfone groups is 1. The van der Waals surface area contributed by atoms with Gasteiger partial charge in [0, 0.05) is 12.6 Å². The average Bonchev–Trinajstić information content (AvgIpc) is 2.10. The van der Waals surface area contributed by atoms with Crippen LogP contribution in [0.5, 0.6) is 0 Å². The molecular formula is C10H23NO2S. The Balaban J connectivity index is 4.01. The summed E-state index contributed by atoms with van der Waals surface area (Å²) >= 11 is 0. The van der Waals surface area contributed by atoms with Crippen LogP contribution in [0.25, 0.3) is 0 Å². The second-order valence-corrected chi connectivity index (χ2v) is 6.63. The molecule has 0 radical (unpaired) electrons. The van der Waals surface area contributed by atoms with Crippen molar-refractivity contribution >= 4 is 9.84 Å². The molecular weight excluding hydrogens is 198 g/mol. The predicted molar refractivity (Wildman–Crippen MR) is 61.3 cm³/mol. The van der Waals surface area contributed by atoms with Gasteiger partial charge in [-0.25, -0.2) is 8.42 Å². The van der Waals surface area contributed by atoms with Gasteiger partial charge in [0.15, 0.2) is 9.84 Å². The molecule has 1 unspecified atom stereocenters. The van der Waals surface area contributed by atoms with Crippen LogP contribution in [-0.4, -0.2) is 32.0 Å². The Kier molecular flexibility index (Phi) is 6.36. The van der Waals surface area contributed by atoms with Crippen LogP contribution in [0.3, 0.4) is 0 Å². The van der Waals surface area contributed by atoms with Crippen LogP contribution in [0.4, 0.5) is 0 Å². The van der Waals surface area contributed by atoms with E-state index in [2.05, 4.69) is 5.32 Å². The summed E-state index contributed by atoms with van der Waals surface area (Å²) in [6, 6.07) is 0.346. The van der Waals surface area contributed by atoms with Crippen molar-refractivity contribution in [2.45, 2.75) is 51.8 Å². The molecule has 0 aromatic rings. The van der Waals surface area contributed by atoms with E-state index in [0.717, 1.165) is 12.8 Å². The largest absolute Gasteiger partial charge is 0.313 e. The average molecular weight is 221 g/mol. The maximum absolute atomic E-state index is 11.7. The Morgan fingerprint density at radius 3 is 2.21 bits per heavy atom. The summed E-state index contributed by atoms with van der Waals surface area (Å²) in [5.41, 5.74) is 0. The number of nitrogens with one attached hydrogen (secondary N) is 1. The molecule has 0 aromatic heterocycles. The lowest BCUT2D eigenvalue weighted by molar-refractivity contribution is 0.548. The van der Waals surface area contributed by atoms with Gasteiger partial charge in [-0.05, 0) is 13.3 Å². The van der Waals surface area contributed by atoms with Crippen LogP contribution < -0.4 is 5.32 Å². The molecule has 0 amide bonds. The highest BCUT2D eigenvalue weighted by Gasteiger charge is 2.19. The first-order valence-electron chi connectivity index (χ1n) is 5.35. The van der Waals surface area contributed by atoms with Crippen LogP contribution >= 0.6 is 0 Å². The molecule has 0 aliphatic carbocycles. The van der Waals surface area contributed by atoms with E-state index in [1.165, 1.54) is 0 Å². The van der Waals surface area contributed by atoms with E-state index in [1.807, 2.05) is 20.8 Å². The summed E-state index contributed by atoms with van der Waals surface area (Å²) in [4.78, 5) is 0. The van der Waals surface area contributed by atoms with E-state index < -0.39 is 9.84 Å². The van der Waals surface area contributed by atoms with Crippen molar-refractivity contribution in [2.75, 3.05) is 12.3 Å². The Morgan fingerprint density at radius 1 is 1.21 bits per heavy atom. The Hall–Kier alpha value is -0.0900. The summed E-state index contributed by atoms with van der Waals surface area (Å²) < 4.78 is 23.3. The Bertz CT molecular complexity index is 235. The maximum Gasteiger partial charge on any atom is 0.154 e. The second-order valence-electron chi connectivity index (χ2n) is 4.09. The summed E-state index contributed by atoms with van der Waals surface area (Å²) in [5.74, 6) is 0.324. The molecule has 1 N–H and O–H groups in total. The second kappa shape index (κ2) is 6.40. The third-order valence-electron chi connectivity index (χ3n) is 2.21. The Morgan fingerprint density at radius 2 is 1.79 bits per heavy atom. The monoisotopic (exact) mass is 221 g/mol. The third-order valence-corrected chi connectivity index (χ3v) is 4.46. The minimum absolute atomic E-state index is 0.267. The van der Waals surface area contributed by atoms with Crippen LogP contribution in [0.1, 0.15) is 40.5 Å². The van der Waals surface area contributed by atoms with Crippen molar-refractivity contribution in [1.29, 1.82) is 0 Å². The topological polar surface area (TPSA) is 46.2 Å². The highest BCUT2D eigenvalue weighted by Crippen LogP contribution is 2.04. The minimum atomic E-state index is -2.88. The fraction of sp³-hybridized carbons (Fsp3) is 1.00. The van der Waals surface area contributed by atoms with E-state index in [1.54, 1.807) is 6.92 Å². The fourth-order valence-electron chi connectivity index (χ4n) is 1.08. The van der Waals surface area contributed by atoms with E-state index in [4.69, 9.17) is 0 Å². The lowest BCUT2D eigenvalue weighted by Crippen LogP contribution is -2.35. The van der Waals surface area contributed by atoms with Crippen molar-refractivity contribution in [3.05, 3.63) is 0 Å². The summed E-state index contributed by atoms with van der Waals surface area (Å²) in [6.07, 6.45) is 1.71. The molecule has 86 valence electrons. The van der Waals surface area contributed by atoms with Gasteiger partial charge in [0.25, 0.3) is 0 Å². The first kappa shape index (κ1) is 13.9. The van der Waals surface area contributed by atoms with E-state index >= 15 is 0 Å². The van der Waals surface area contributed by atoms with Gasteiger partial charge < -0.3 is 5.32 Å². The van der Waals surface area contributed by atoms with Crippen molar-refractivity contribution in [1.82, 2.24) is 5.32 Å². The first-order valence-corrected chi connectivity index (χ1v) is 7.06. The van der Waals surface area contributed by atoms with Gasteiger partial charge in [-0.15, -0.1) is 0 Å². The number of hydrogen-bond acceptors (Lipinski definition) is 3. The van der Waals surface area contributed by atoms with Crippen molar-refractivity contribution in [3.8, 4) is 0 Å². The van der Waals surface area contributed by atoms with E-state index in [-0.39, 0.29) is 5.25 Å². The van der Waals surface area contributed by atoms with Gasteiger partial charge in [0.1, 0.15) is 0 Å². The normalized spacial score (nSPS) is 14.6. The standard InChI is InChI=1S/C10H23NO2S/c1-5-6-7-14(12,13)10(4)8-11-9(2)3/h9-11H,5-8H2,1-4H3. The van der Waals surface area contributed by atoms with Crippen LogP contribution in [0.15, 0.2) is 0 Å². The van der Waals surface area contributed by atoms with Crippen LogP contribution in [0.2, 0.25) is 0 Å². The maximum atomic E-state index is 11.7. The number of unbranched alkanes of at least 4 members (excludes halogenated alkanes) is 1. The van der Waals surface area contributed by atoms with E-state index in [9.17, 15) is 8.42 Å². The van der Waals surface area contributed by atoms with Crippen molar-refractivity contribution in [3.63, 3.8) is 0 Å². The highest BCUT2D eigenvalue weighted by atomic mass is 32.2. The molecule has 0 bridgehead atoms. The summed E-state index contributed by atoms with van der Waals surface area (Å²) in [7, 11) is -2.88. The zero-order chi connectivity index (χ0) is 11.2. The summed E-state index contributed by atoms with van der Waals surface area (Å²) in [6.45, 7) is 8.38.